The molecule has 0 atom stereocenters. The topological polar surface area (TPSA) is 38.3 Å². The summed E-state index contributed by atoms with van der Waals surface area (Å²) < 4.78 is 39.3. The maximum Gasteiger partial charge on any atom is 0.411 e. The molecule has 96 valence electrons. The van der Waals surface area contributed by atoms with Gasteiger partial charge in [0, 0.05) is 12.4 Å². The van der Waals surface area contributed by atoms with Gasteiger partial charge in [0.15, 0.2) is 0 Å². The first-order chi connectivity index (χ1) is 7.19. The Hall–Kier alpha value is -0.490. The van der Waals surface area contributed by atoms with Crippen LogP contribution in [0, 0.1) is 5.41 Å². The van der Waals surface area contributed by atoms with Gasteiger partial charge in [0.05, 0.1) is 12.0 Å². The van der Waals surface area contributed by atoms with Gasteiger partial charge < -0.3 is 10.1 Å². The molecule has 3 nitrogen and oxygen atoms in total. The molecule has 0 rings (SSSR count). The Morgan fingerprint density at radius 3 is 2.38 bits per heavy atom. The van der Waals surface area contributed by atoms with Gasteiger partial charge in [-0.25, -0.2) is 0 Å². The van der Waals surface area contributed by atoms with Crippen molar-refractivity contribution in [1.82, 2.24) is 5.32 Å². The number of hydrogen-bond acceptors (Lipinski definition) is 2. The Labute approximate surface area is 97.3 Å². The first-order valence-electron chi connectivity index (χ1n) is 4.68. The van der Waals surface area contributed by atoms with Crippen LogP contribution in [0.25, 0.3) is 0 Å². The molecular formula is C9H15ClF3NO2. The third kappa shape index (κ3) is 6.90. The smallest absolute Gasteiger partial charge is 0.370 e. The van der Waals surface area contributed by atoms with Crippen LogP contribution in [0.15, 0.2) is 0 Å². The van der Waals surface area contributed by atoms with Crippen molar-refractivity contribution in [1.29, 1.82) is 0 Å². The zero-order chi connectivity index (χ0) is 12.8. The molecule has 0 aliphatic heterocycles. The highest BCUT2D eigenvalue weighted by Gasteiger charge is 2.28. The van der Waals surface area contributed by atoms with E-state index in [0.717, 1.165) is 0 Å². The molecule has 0 aromatic heterocycles. The van der Waals surface area contributed by atoms with Gasteiger partial charge in [-0.2, -0.15) is 13.2 Å². The highest BCUT2D eigenvalue weighted by molar-refractivity contribution is 6.19. The molecule has 1 N–H and O–H groups in total. The van der Waals surface area contributed by atoms with Crippen molar-refractivity contribution in [2.45, 2.75) is 20.0 Å². The Kier molecular flexibility index (Phi) is 6.10. The van der Waals surface area contributed by atoms with Gasteiger partial charge in [0.1, 0.15) is 6.61 Å². The number of rotatable bonds is 6. The average molecular weight is 262 g/mol. The van der Waals surface area contributed by atoms with Crippen molar-refractivity contribution in [2.75, 3.05) is 25.6 Å². The second-order valence-corrected chi connectivity index (χ2v) is 4.21. The molecule has 0 aromatic carbocycles. The lowest BCUT2D eigenvalue weighted by Gasteiger charge is -2.20. The van der Waals surface area contributed by atoms with Crippen LogP contribution in [0.5, 0.6) is 0 Å². The lowest BCUT2D eigenvalue weighted by molar-refractivity contribution is -0.173. The van der Waals surface area contributed by atoms with Crippen LogP contribution in [0.4, 0.5) is 13.2 Å². The van der Waals surface area contributed by atoms with Crippen molar-refractivity contribution in [3.63, 3.8) is 0 Å². The molecule has 1 amide bonds. The molecule has 0 saturated carbocycles. The summed E-state index contributed by atoms with van der Waals surface area (Å²) in [7, 11) is 0. The molecule has 16 heavy (non-hydrogen) atoms. The van der Waals surface area contributed by atoms with E-state index in [-0.39, 0.29) is 24.9 Å². The van der Waals surface area contributed by atoms with E-state index in [2.05, 4.69) is 10.1 Å². The third-order valence-electron chi connectivity index (χ3n) is 1.75. The zero-order valence-electron chi connectivity index (χ0n) is 9.16. The number of hydrogen-bond donors (Lipinski definition) is 1. The lowest BCUT2D eigenvalue weighted by atomic mass is 9.95. The minimum atomic E-state index is -4.33. The number of carbonyl (C=O) groups excluding carboxylic acids is 1. The molecule has 0 aliphatic rings. The zero-order valence-corrected chi connectivity index (χ0v) is 9.91. The molecular weight excluding hydrogens is 247 g/mol. The molecule has 0 aliphatic carbocycles. The van der Waals surface area contributed by atoms with Crippen molar-refractivity contribution in [3.8, 4) is 0 Å². The fraction of sp³-hybridized carbons (Fsp3) is 0.889. The van der Waals surface area contributed by atoms with E-state index in [1.807, 2.05) is 0 Å². The number of halogens is 4. The largest absolute Gasteiger partial charge is 0.411 e. The summed E-state index contributed by atoms with van der Waals surface area (Å²) in [6, 6.07) is 0. The summed E-state index contributed by atoms with van der Waals surface area (Å²) in [5.74, 6) is -0.166. The first-order valence-corrected chi connectivity index (χ1v) is 5.21. The van der Waals surface area contributed by atoms with Crippen molar-refractivity contribution in [3.05, 3.63) is 0 Å². The second kappa shape index (κ2) is 6.30. The van der Waals surface area contributed by atoms with E-state index in [4.69, 9.17) is 11.6 Å². The summed E-state index contributed by atoms with van der Waals surface area (Å²) in [6.07, 6.45) is -4.33. The van der Waals surface area contributed by atoms with Gasteiger partial charge in [0.2, 0.25) is 5.91 Å². The fourth-order valence-corrected chi connectivity index (χ4v) is 0.846. The summed E-state index contributed by atoms with van der Waals surface area (Å²) in [6.45, 7) is 1.85. The summed E-state index contributed by atoms with van der Waals surface area (Å²) in [5.41, 5.74) is -0.731. The van der Waals surface area contributed by atoms with Gasteiger partial charge >= 0.3 is 6.18 Å². The van der Waals surface area contributed by atoms with E-state index in [1.165, 1.54) is 0 Å². The summed E-state index contributed by atoms with van der Waals surface area (Å²) in [5, 5.41) is 2.44. The van der Waals surface area contributed by atoms with Crippen molar-refractivity contribution in [2.24, 2.45) is 5.41 Å². The molecule has 0 fully saturated rings. The normalized spacial score (nSPS) is 12.6. The first kappa shape index (κ1) is 15.5. The number of ether oxygens (including phenoxy) is 1. The van der Waals surface area contributed by atoms with Gasteiger partial charge in [0.25, 0.3) is 0 Å². The van der Waals surface area contributed by atoms with E-state index in [1.54, 1.807) is 13.8 Å². The summed E-state index contributed by atoms with van der Waals surface area (Å²) >= 11 is 5.55. The number of alkyl halides is 4. The molecule has 0 bridgehead atoms. The monoisotopic (exact) mass is 261 g/mol. The van der Waals surface area contributed by atoms with Gasteiger partial charge in [-0.15, -0.1) is 11.6 Å². The van der Waals surface area contributed by atoms with Crippen LogP contribution in [0.1, 0.15) is 13.8 Å². The fourth-order valence-electron chi connectivity index (χ4n) is 0.725. The van der Waals surface area contributed by atoms with Gasteiger partial charge in [-0.05, 0) is 13.8 Å². The van der Waals surface area contributed by atoms with Crippen LogP contribution in [-0.4, -0.2) is 37.7 Å². The number of nitrogens with one attached hydrogen (secondary N) is 1. The standard InChI is InChI=1S/C9H15ClF3NO2/c1-8(2,5-10)7(15)14-3-4-16-6-9(11,12)13/h3-6H2,1-2H3,(H,14,15). The number of amides is 1. The molecule has 7 heteroatoms. The van der Waals surface area contributed by atoms with Crippen molar-refractivity contribution < 1.29 is 22.7 Å². The Balaban J connectivity index is 3.64. The van der Waals surface area contributed by atoms with Crippen molar-refractivity contribution >= 4 is 17.5 Å². The Bertz CT molecular complexity index is 231. The van der Waals surface area contributed by atoms with Crippen LogP contribution >= 0.6 is 11.6 Å². The van der Waals surface area contributed by atoms with Crippen LogP contribution < -0.4 is 5.32 Å². The molecule has 0 unspecified atom stereocenters. The molecule has 0 saturated heterocycles. The van der Waals surface area contributed by atoms with E-state index in [9.17, 15) is 18.0 Å². The van der Waals surface area contributed by atoms with Crippen LogP contribution in [0.2, 0.25) is 0 Å². The maximum atomic E-state index is 11.7. The SMILES string of the molecule is CC(C)(CCl)C(=O)NCCOCC(F)(F)F. The quantitative estimate of drug-likeness (QED) is 0.586. The van der Waals surface area contributed by atoms with E-state index >= 15 is 0 Å². The number of carbonyl (C=O) groups is 1. The van der Waals surface area contributed by atoms with Gasteiger partial charge in [-0.3, -0.25) is 4.79 Å². The second-order valence-electron chi connectivity index (χ2n) is 3.94. The minimum absolute atomic E-state index is 0.0369. The molecule has 0 heterocycles. The van der Waals surface area contributed by atoms with E-state index in [0.29, 0.717) is 0 Å². The van der Waals surface area contributed by atoms with Crippen LogP contribution in [0.3, 0.4) is 0 Å². The average Bonchev–Trinajstić information content (AvgIpc) is 2.15. The molecule has 0 aromatic rings. The predicted molar refractivity (Wildman–Crippen MR) is 54.4 cm³/mol. The highest BCUT2D eigenvalue weighted by Crippen LogP contribution is 2.16. The Morgan fingerprint density at radius 1 is 1.38 bits per heavy atom. The highest BCUT2D eigenvalue weighted by atomic mass is 35.5. The maximum absolute atomic E-state index is 11.7. The Morgan fingerprint density at radius 2 is 1.94 bits per heavy atom. The van der Waals surface area contributed by atoms with Gasteiger partial charge in [-0.1, -0.05) is 0 Å². The predicted octanol–water partition coefficient (Wildman–Crippen LogP) is 1.95. The minimum Gasteiger partial charge on any atom is -0.370 e. The lowest BCUT2D eigenvalue weighted by Crippen LogP contribution is -2.39. The van der Waals surface area contributed by atoms with Crippen LogP contribution in [-0.2, 0) is 9.53 Å². The third-order valence-corrected chi connectivity index (χ3v) is 2.41. The molecule has 0 radical (unpaired) electrons. The summed E-state index contributed by atoms with van der Waals surface area (Å²) in [4.78, 5) is 11.4. The molecule has 0 spiro atoms. The van der Waals surface area contributed by atoms with E-state index < -0.39 is 18.2 Å².